The lowest BCUT2D eigenvalue weighted by molar-refractivity contribution is 0.273. The molecule has 1 N–H and O–H groups in total. The number of rotatable bonds is 5. The van der Waals surface area contributed by atoms with Crippen LogP contribution >= 0.6 is 23.2 Å². The molecular formula is C17H24Cl2FN. The van der Waals surface area contributed by atoms with Crippen LogP contribution in [-0.4, -0.2) is 6.54 Å². The molecule has 0 heterocycles. The van der Waals surface area contributed by atoms with Gasteiger partial charge in [0.2, 0.25) is 0 Å². The molecule has 1 aliphatic carbocycles. The minimum absolute atomic E-state index is 0.0341. The third-order valence-electron chi connectivity index (χ3n) is 4.64. The van der Waals surface area contributed by atoms with Crippen molar-refractivity contribution in [2.75, 3.05) is 6.54 Å². The molecule has 1 atom stereocenters. The Bertz CT molecular complexity index is 470. The van der Waals surface area contributed by atoms with Gasteiger partial charge in [0.15, 0.2) is 0 Å². The first-order chi connectivity index (χ1) is 9.97. The number of hydrogen-bond donors (Lipinski definition) is 1. The van der Waals surface area contributed by atoms with E-state index in [1.165, 1.54) is 44.2 Å². The summed E-state index contributed by atoms with van der Waals surface area (Å²) in [6.07, 6.45) is 6.58. The molecule has 1 aromatic rings. The lowest BCUT2D eigenvalue weighted by Gasteiger charge is -2.26. The van der Waals surface area contributed by atoms with E-state index in [0.717, 1.165) is 23.9 Å². The first kappa shape index (κ1) is 17.1. The van der Waals surface area contributed by atoms with Crippen LogP contribution in [0, 0.1) is 17.7 Å². The molecule has 21 heavy (non-hydrogen) atoms. The molecule has 0 bridgehead atoms. The molecule has 1 nitrogen and oxygen atoms in total. The standard InChI is InChI=1S/C17H24Cl2FN/c1-11-3-5-13(6-4-11)7-8-21-12(2)14-9-17(20)16(19)10-15(14)18/h9-13,21H,3-8H2,1-2H3. The Morgan fingerprint density at radius 3 is 2.52 bits per heavy atom. The molecule has 118 valence electrons. The molecule has 0 aliphatic heterocycles. The zero-order chi connectivity index (χ0) is 15.4. The van der Waals surface area contributed by atoms with Crippen LogP contribution in [0.3, 0.4) is 0 Å². The van der Waals surface area contributed by atoms with Gasteiger partial charge in [-0.05, 0) is 49.4 Å². The lowest BCUT2D eigenvalue weighted by atomic mass is 9.81. The van der Waals surface area contributed by atoms with E-state index in [1.54, 1.807) is 0 Å². The molecule has 0 amide bonds. The molecule has 1 saturated carbocycles. The normalized spacial score (nSPS) is 24.0. The number of nitrogens with one attached hydrogen (secondary N) is 1. The van der Waals surface area contributed by atoms with Gasteiger partial charge in [-0.1, -0.05) is 55.8 Å². The Morgan fingerprint density at radius 1 is 1.19 bits per heavy atom. The predicted molar refractivity (Wildman–Crippen MR) is 88.6 cm³/mol. The first-order valence-electron chi connectivity index (χ1n) is 7.85. The summed E-state index contributed by atoms with van der Waals surface area (Å²) >= 11 is 11.9. The second-order valence-corrected chi connectivity index (χ2v) is 7.19. The maximum absolute atomic E-state index is 13.6. The number of hydrogen-bond acceptors (Lipinski definition) is 1. The van der Waals surface area contributed by atoms with Gasteiger partial charge in [-0.3, -0.25) is 0 Å². The summed E-state index contributed by atoms with van der Waals surface area (Å²) in [6, 6.07) is 2.95. The van der Waals surface area contributed by atoms with Crippen molar-refractivity contribution in [1.82, 2.24) is 5.32 Å². The molecule has 2 rings (SSSR count). The van der Waals surface area contributed by atoms with Gasteiger partial charge < -0.3 is 5.32 Å². The molecule has 0 saturated heterocycles. The summed E-state index contributed by atoms with van der Waals surface area (Å²) in [6.45, 7) is 5.30. The smallest absolute Gasteiger partial charge is 0.142 e. The van der Waals surface area contributed by atoms with Gasteiger partial charge in [0.05, 0.1) is 5.02 Å². The molecule has 1 aromatic carbocycles. The van der Waals surface area contributed by atoms with Crippen molar-refractivity contribution in [2.24, 2.45) is 11.8 Å². The maximum Gasteiger partial charge on any atom is 0.142 e. The highest BCUT2D eigenvalue weighted by atomic mass is 35.5. The minimum atomic E-state index is -0.411. The van der Waals surface area contributed by atoms with E-state index in [4.69, 9.17) is 23.2 Å². The van der Waals surface area contributed by atoms with Crippen molar-refractivity contribution >= 4 is 23.2 Å². The first-order valence-corrected chi connectivity index (χ1v) is 8.60. The van der Waals surface area contributed by atoms with E-state index >= 15 is 0 Å². The molecule has 0 spiro atoms. The number of halogens is 3. The predicted octanol–water partition coefficient (Wildman–Crippen LogP) is 6.00. The van der Waals surface area contributed by atoms with Gasteiger partial charge in [-0.15, -0.1) is 0 Å². The Labute approximate surface area is 137 Å². The lowest BCUT2D eigenvalue weighted by Crippen LogP contribution is -2.23. The topological polar surface area (TPSA) is 12.0 Å². The van der Waals surface area contributed by atoms with Gasteiger partial charge in [-0.2, -0.15) is 0 Å². The fourth-order valence-corrected chi connectivity index (χ4v) is 3.65. The Hall–Kier alpha value is -0.310. The summed E-state index contributed by atoms with van der Waals surface area (Å²) in [4.78, 5) is 0. The van der Waals surface area contributed by atoms with E-state index in [0.29, 0.717) is 5.02 Å². The zero-order valence-electron chi connectivity index (χ0n) is 12.8. The summed E-state index contributed by atoms with van der Waals surface area (Å²) in [5.41, 5.74) is 0.774. The highest BCUT2D eigenvalue weighted by molar-refractivity contribution is 6.35. The van der Waals surface area contributed by atoms with Crippen LogP contribution in [-0.2, 0) is 0 Å². The molecular weight excluding hydrogens is 308 g/mol. The fourth-order valence-electron chi connectivity index (χ4n) is 3.10. The van der Waals surface area contributed by atoms with Gasteiger partial charge in [0.25, 0.3) is 0 Å². The third-order valence-corrected chi connectivity index (χ3v) is 5.26. The Balaban J connectivity index is 1.82. The quantitative estimate of drug-likeness (QED) is 0.652. The summed E-state index contributed by atoms with van der Waals surface area (Å²) in [5, 5.41) is 4.05. The number of benzene rings is 1. The van der Waals surface area contributed by atoms with Crippen molar-refractivity contribution in [3.63, 3.8) is 0 Å². The second kappa shape index (κ2) is 7.80. The molecule has 0 radical (unpaired) electrons. The minimum Gasteiger partial charge on any atom is -0.310 e. The van der Waals surface area contributed by atoms with Crippen molar-refractivity contribution in [3.05, 3.63) is 33.6 Å². The van der Waals surface area contributed by atoms with Crippen LogP contribution in [0.1, 0.15) is 57.6 Å². The van der Waals surface area contributed by atoms with Crippen molar-refractivity contribution in [3.8, 4) is 0 Å². The summed E-state index contributed by atoms with van der Waals surface area (Å²) in [7, 11) is 0. The fraction of sp³-hybridized carbons (Fsp3) is 0.647. The van der Waals surface area contributed by atoms with Gasteiger partial charge in [-0.25, -0.2) is 4.39 Å². The second-order valence-electron chi connectivity index (χ2n) is 6.38. The van der Waals surface area contributed by atoms with E-state index in [9.17, 15) is 4.39 Å². The molecule has 0 aromatic heterocycles. The van der Waals surface area contributed by atoms with E-state index < -0.39 is 5.82 Å². The van der Waals surface area contributed by atoms with Gasteiger partial charge >= 0.3 is 0 Å². The van der Waals surface area contributed by atoms with Crippen LogP contribution in [0.5, 0.6) is 0 Å². The Morgan fingerprint density at radius 2 is 1.86 bits per heavy atom. The maximum atomic E-state index is 13.6. The monoisotopic (exact) mass is 331 g/mol. The van der Waals surface area contributed by atoms with Crippen molar-refractivity contribution in [2.45, 2.75) is 52.0 Å². The largest absolute Gasteiger partial charge is 0.310 e. The van der Waals surface area contributed by atoms with Crippen LogP contribution < -0.4 is 5.32 Å². The molecule has 1 unspecified atom stereocenters. The summed E-state index contributed by atoms with van der Waals surface area (Å²) < 4.78 is 13.6. The highest BCUT2D eigenvalue weighted by Crippen LogP contribution is 2.31. The van der Waals surface area contributed by atoms with Crippen molar-refractivity contribution in [1.29, 1.82) is 0 Å². The Kier molecular flexibility index (Phi) is 6.34. The zero-order valence-corrected chi connectivity index (χ0v) is 14.3. The molecule has 1 aliphatic rings. The van der Waals surface area contributed by atoms with Crippen LogP contribution in [0.2, 0.25) is 10.0 Å². The molecule has 1 fully saturated rings. The van der Waals surface area contributed by atoms with Crippen LogP contribution in [0.4, 0.5) is 4.39 Å². The van der Waals surface area contributed by atoms with Gasteiger partial charge in [0.1, 0.15) is 5.82 Å². The van der Waals surface area contributed by atoms with E-state index in [2.05, 4.69) is 12.2 Å². The van der Waals surface area contributed by atoms with E-state index in [-0.39, 0.29) is 11.1 Å². The van der Waals surface area contributed by atoms with Crippen LogP contribution in [0.15, 0.2) is 12.1 Å². The van der Waals surface area contributed by atoms with Gasteiger partial charge in [0, 0.05) is 11.1 Å². The third kappa shape index (κ3) is 4.84. The van der Waals surface area contributed by atoms with Crippen molar-refractivity contribution < 1.29 is 4.39 Å². The van der Waals surface area contributed by atoms with Crippen LogP contribution in [0.25, 0.3) is 0 Å². The molecule has 4 heteroatoms. The summed E-state index contributed by atoms with van der Waals surface area (Å²) in [5.74, 6) is 1.31. The SMILES string of the molecule is CC1CCC(CCNC(C)c2cc(F)c(Cl)cc2Cl)CC1. The average Bonchev–Trinajstić information content (AvgIpc) is 2.45. The van der Waals surface area contributed by atoms with E-state index in [1.807, 2.05) is 6.92 Å². The average molecular weight is 332 g/mol. The highest BCUT2D eigenvalue weighted by Gasteiger charge is 2.18.